The summed E-state index contributed by atoms with van der Waals surface area (Å²) >= 11 is 0. The van der Waals surface area contributed by atoms with Crippen molar-refractivity contribution >= 4 is 11.6 Å². The predicted octanol–water partition coefficient (Wildman–Crippen LogP) is 5.03. The third-order valence-corrected chi connectivity index (χ3v) is 4.81. The third kappa shape index (κ3) is 5.20. The van der Waals surface area contributed by atoms with Gasteiger partial charge in [0, 0.05) is 23.5 Å². The van der Waals surface area contributed by atoms with Crippen LogP contribution >= 0.6 is 0 Å². The fourth-order valence-electron chi connectivity index (χ4n) is 3.12. The molecule has 3 aromatic heterocycles. The van der Waals surface area contributed by atoms with E-state index in [0.29, 0.717) is 29.9 Å². The normalized spacial score (nSPS) is 13.2. The summed E-state index contributed by atoms with van der Waals surface area (Å²) in [7, 11) is 0. The third-order valence-electron chi connectivity index (χ3n) is 4.81. The van der Waals surface area contributed by atoms with Crippen LogP contribution in [0.3, 0.4) is 0 Å². The average molecular weight is 500 g/mol. The zero-order valence-corrected chi connectivity index (χ0v) is 17.6. The lowest BCUT2D eigenvalue weighted by Gasteiger charge is -2.20. The summed E-state index contributed by atoms with van der Waals surface area (Å²) < 4.78 is 89.9. The first kappa shape index (κ1) is 24.0. The molecule has 0 aliphatic heterocycles. The summed E-state index contributed by atoms with van der Waals surface area (Å²) in [6, 6.07) is 5.51. The molecule has 1 aromatic carbocycles. The Morgan fingerprint density at radius 1 is 1.09 bits per heavy atom. The lowest BCUT2D eigenvalue weighted by Crippen LogP contribution is -2.31. The molecule has 1 N–H and O–H groups in total. The molecule has 184 valence electrons. The second-order valence-electron chi connectivity index (χ2n) is 7.42. The number of hydrogen-bond donors (Lipinski definition) is 1. The van der Waals surface area contributed by atoms with Crippen LogP contribution in [0.25, 0.3) is 28.5 Å². The van der Waals surface area contributed by atoms with Gasteiger partial charge < -0.3 is 18.8 Å². The number of rotatable bonds is 6. The number of alkyl halides is 6. The van der Waals surface area contributed by atoms with Gasteiger partial charge in [0.2, 0.25) is 5.82 Å². The highest BCUT2D eigenvalue weighted by Crippen LogP contribution is 2.40. The molecule has 8 nitrogen and oxygen atoms in total. The van der Waals surface area contributed by atoms with E-state index in [-0.39, 0.29) is 23.7 Å². The summed E-state index contributed by atoms with van der Waals surface area (Å²) in [4.78, 5) is 19.1. The van der Waals surface area contributed by atoms with Crippen molar-refractivity contribution in [1.82, 2.24) is 19.5 Å². The topological polar surface area (TPSA) is 103 Å². The molecule has 0 bridgehead atoms. The summed E-state index contributed by atoms with van der Waals surface area (Å²) in [5.74, 6) is -2.35. The molecule has 0 saturated heterocycles. The van der Waals surface area contributed by atoms with Gasteiger partial charge in [-0.15, -0.1) is 0 Å². The Bertz CT molecular complexity index is 1390. The summed E-state index contributed by atoms with van der Waals surface area (Å²) in [5.41, 5.74) is -0.466. The number of ether oxygens (including phenoxy) is 1. The number of benzene rings is 1. The maximum absolute atomic E-state index is 13.5. The first-order chi connectivity index (χ1) is 16.3. The van der Waals surface area contributed by atoms with Crippen LogP contribution < -0.4 is 4.74 Å². The summed E-state index contributed by atoms with van der Waals surface area (Å²) in [5, 5.41) is 12.6. The number of halogens is 6. The van der Waals surface area contributed by atoms with Crippen LogP contribution in [-0.4, -0.2) is 42.9 Å². The zero-order chi connectivity index (χ0) is 25.5. The molecule has 1 atom stereocenters. The Morgan fingerprint density at radius 2 is 1.80 bits per heavy atom. The van der Waals surface area contributed by atoms with E-state index in [0.717, 1.165) is 12.1 Å². The molecule has 0 amide bonds. The van der Waals surface area contributed by atoms with E-state index >= 15 is 0 Å². The van der Waals surface area contributed by atoms with E-state index in [9.17, 15) is 31.1 Å². The minimum atomic E-state index is -5.01. The van der Waals surface area contributed by atoms with Crippen LogP contribution in [0, 0.1) is 0 Å². The van der Waals surface area contributed by atoms with E-state index in [2.05, 4.69) is 19.9 Å². The highest BCUT2D eigenvalue weighted by atomic mass is 19.4. The van der Waals surface area contributed by atoms with E-state index in [1.165, 1.54) is 16.8 Å². The second-order valence-corrected chi connectivity index (χ2v) is 7.42. The van der Waals surface area contributed by atoms with Crippen molar-refractivity contribution in [1.29, 1.82) is 0 Å². The summed E-state index contributed by atoms with van der Waals surface area (Å²) in [6.45, 7) is 0.597. The molecule has 4 aromatic rings. The van der Waals surface area contributed by atoms with Gasteiger partial charge in [-0.2, -0.15) is 31.3 Å². The van der Waals surface area contributed by atoms with E-state index in [4.69, 9.17) is 9.63 Å². The van der Waals surface area contributed by atoms with Crippen LogP contribution in [0.4, 0.5) is 26.3 Å². The monoisotopic (exact) mass is 500 g/mol. The minimum Gasteiger partial charge on any atom is -0.481 e. The van der Waals surface area contributed by atoms with Crippen LogP contribution in [0.15, 0.2) is 47.2 Å². The van der Waals surface area contributed by atoms with Gasteiger partial charge in [0.25, 0.3) is 5.89 Å². The highest BCUT2D eigenvalue weighted by Gasteiger charge is 2.41. The number of fused-ring (bicyclic) bond motifs is 1. The van der Waals surface area contributed by atoms with Crippen LogP contribution in [0.2, 0.25) is 0 Å². The number of carboxylic acid groups (broad SMARTS) is 1. The van der Waals surface area contributed by atoms with Crippen molar-refractivity contribution in [3.05, 3.63) is 54.0 Å². The molecule has 0 radical (unpaired) electrons. The van der Waals surface area contributed by atoms with Crippen LogP contribution in [0.5, 0.6) is 5.75 Å². The Labute approximate surface area is 191 Å². The minimum absolute atomic E-state index is 0.00923. The SMILES string of the molecule is CC(Oc1ccc(-c2nc(-c3ccc4nc(CC(=O)O)cn4c3)no2)cc1C(F)(F)F)C(F)(F)F. The zero-order valence-electron chi connectivity index (χ0n) is 17.6. The number of aliphatic carboxylic acids is 1. The van der Waals surface area contributed by atoms with Gasteiger partial charge in [-0.1, -0.05) is 5.16 Å². The molecule has 0 fully saturated rings. The lowest BCUT2D eigenvalue weighted by atomic mass is 10.1. The maximum Gasteiger partial charge on any atom is 0.425 e. The predicted molar refractivity (Wildman–Crippen MR) is 106 cm³/mol. The Balaban J connectivity index is 1.65. The number of imidazole rings is 1. The Morgan fingerprint density at radius 3 is 2.46 bits per heavy atom. The lowest BCUT2D eigenvalue weighted by molar-refractivity contribution is -0.191. The number of carboxylic acids is 1. The van der Waals surface area contributed by atoms with Gasteiger partial charge in [0.1, 0.15) is 11.4 Å². The van der Waals surface area contributed by atoms with Crippen molar-refractivity contribution in [3.8, 4) is 28.6 Å². The second kappa shape index (κ2) is 8.60. The van der Waals surface area contributed by atoms with Crippen molar-refractivity contribution in [3.63, 3.8) is 0 Å². The number of carbonyl (C=O) groups is 1. The van der Waals surface area contributed by atoms with E-state index in [1.807, 2.05) is 0 Å². The van der Waals surface area contributed by atoms with Crippen molar-refractivity contribution in [2.45, 2.75) is 31.8 Å². The van der Waals surface area contributed by atoms with Gasteiger partial charge in [-0.3, -0.25) is 4.79 Å². The molecular weight excluding hydrogens is 486 g/mol. The molecule has 35 heavy (non-hydrogen) atoms. The smallest absolute Gasteiger partial charge is 0.425 e. The standard InChI is InChI=1S/C21H14F6N4O4/c1-10(20(22,23)24)34-15-4-2-11(6-14(15)21(25,26)27)19-29-18(30-35-19)12-3-5-16-28-13(7-17(32)33)9-31(16)8-12/h2-6,8-10H,7H2,1H3,(H,32,33). The average Bonchev–Trinajstić information content (AvgIpc) is 3.38. The van der Waals surface area contributed by atoms with E-state index < -0.39 is 35.7 Å². The fraction of sp³-hybridized carbons (Fsp3) is 0.238. The molecule has 4 rings (SSSR count). The van der Waals surface area contributed by atoms with Crippen molar-refractivity contribution in [2.75, 3.05) is 0 Å². The summed E-state index contributed by atoms with van der Waals surface area (Å²) in [6.07, 6.45) is -9.60. The van der Waals surface area contributed by atoms with Gasteiger partial charge in [0.15, 0.2) is 6.10 Å². The van der Waals surface area contributed by atoms with Gasteiger partial charge in [-0.05, 0) is 37.3 Å². The molecule has 0 saturated carbocycles. The molecule has 0 aliphatic carbocycles. The van der Waals surface area contributed by atoms with Crippen molar-refractivity contribution in [2.24, 2.45) is 0 Å². The number of nitrogens with zero attached hydrogens (tertiary/aromatic N) is 4. The largest absolute Gasteiger partial charge is 0.481 e. The maximum atomic E-state index is 13.5. The van der Waals surface area contributed by atoms with Gasteiger partial charge in [0.05, 0.1) is 17.7 Å². The van der Waals surface area contributed by atoms with E-state index in [1.54, 1.807) is 12.1 Å². The molecule has 0 spiro atoms. The van der Waals surface area contributed by atoms with Crippen molar-refractivity contribution < 1.29 is 45.5 Å². The number of hydrogen-bond acceptors (Lipinski definition) is 6. The molecule has 3 heterocycles. The number of pyridine rings is 1. The Kier molecular flexibility index (Phi) is 5.90. The molecule has 14 heteroatoms. The fourth-order valence-corrected chi connectivity index (χ4v) is 3.12. The Hall–Kier alpha value is -4.10. The first-order valence-corrected chi connectivity index (χ1v) is 9.80. The first-order valence-electron chi connectivity index (χ1n) is 9.80. The van der Waals surface area contributed by atoms with Gasteiger partial charge in [-0.25, -0.2) is 4.98 Å². The van der Waals surface area contributed by atoms with Crippen LogP contribution in [-0.2, 0) is 17.4 Å². The quantitative estimate of drug-likeness (QED) is 0.371. The van der Waals surface area contributed by atoms with Gasteiger partial charge >= 0.3 is 18.3 Å². The molecular formula is C21H14F6N4O4. The highest BCUT2D eigenvalue weighted by molar-refractivity contribution is 5.70. The number of aromatic nitrogens is 4. The molecule has 0 aliphatic rings. The molecule has 1 unspecified atom stereocenters. The van der Waals surface area contributed by atoms with Crippen LogP contribution in [0.1, 0.15) is 18.2 Å².